The number of hydrogen-bond donors (Lipinski definition) is 1. The molecular formula is C9H9BrN2O2. The summed E-state index contributed by atoms with van der Waals surface area (Å²) >= 11 is 3.23. The minimum atomic E-state index is 0.509. The van der Waals surface area contributed by atoms with E-state index in [2.05, 4.69) is 26.2 Å². The highest BCUT2D eigenvalue weighted by molar-refractivity contribution is 9.10. The van der Waals surface area contributed by atoms with Gasteiger partial charge in [-0.05, 0) is 35.0 Å². The third-order valence-corrected chi connectivity index (χ3v) is 2.09. The van der Waals surface area contributed by atoms with E-state index in [1.165, 1.54) is 0 Å². The number of hydrogen-bond acceptors (Lipinski definition) is 4. The molecule has 1 N–H and O–H groups in total. The molecule has 0 aliphatic heterocycles. The molecule has 0 saturated heterocycles. The molecule has 2 heterocycles. The van der Waals surface area contributed by atoms with Crippen molar-refractivity contribution < 1.29 is 8.83 Å². The third-order valence-electron chi connectivity index (χ3n) is 1.66. The first-order valence-corrected chi connectivity index (χ1v) is 4.93. The SMILES string of the molecule is Cc1coc(NCc2ccc(Br)o2)n1. The van der Waals surface area contributed by atoms with Crippen LogP contribution in [-0.4, -0.2) is 4.98 Å². The van der Waals surface area contributed by atoms with Gasteiger partial charge in [-0.2, -0.15) is 4.98 Å². The number of nitrogens with zero attached hydrogens (tertiary/aromatic N) is 1. The molecule has 2 rings (SSSR count). The summed E-state index contributed by atoms with van der Waals surface area (Å²) in [5, 5.41) is 3.00. The zero-order valence-electron chi connectivity index (χ0n) is 7.58. The second-order valence-electron chi connectivity index (χ2n) is 2.85. The summed E-state index contributed by atoms with van der Waals surface area (Å²) in [6.07, 6.45) is 1.60. The number of halogens is 1. The van der Waals surface area contributed by atoms with Crippen LogP contribution in [0.3, 0.4) is 0 Å². The molecule has 2 aromatic rings. The van der Waals surface area contributed by atoms with Gasteiger partial charge in [0.15, 0.2) is 4.67 Å². The van der Waals surface area contributed by atoms with Gasteiger partial charge in [0.1, 0.15) is 12.0 Å². The van der Waals surface area contributed by atoms with E-state index in [1.807, 2.05) is 19.1 Å². The molecule has 2 aromatic heterocycles. The highest BCUT2D eigenvalue weighted by Crippen LogP contribution is 2.15. The van der Waals surface area contributed by atoms with Gasteiger partial charge >= 0.3 is 0 Å². The van der Waals surface area contributed by atoms with Crippen LogP contribution in [0.2, 0.25) is 0 Å². The van der Waals surface area contributed by atoms with Crippen molar-refractivity contribution in [3.63, 3.8) is 0 Å². The number of anilines is 1. The van der Waals surface area contributed by atoms with Gasteiger partial charge in [0.2, 0.25) is 0 Å². The van der Waals surface area contributed by atoms with Gasteiger partial charge in [-0.3, -0.25) is 0 Å². The number of nitrogens with one attached hydrogen (secondary N) is 1. The summed E-state index contributed by atoms with van der Waals surface area (Å²) < 4.78 is 11.1. The predicted octanol–water partition coefficient (Wildman–Crippen LogP) is 2.95. The number of rotatable bonds is 3. The molecule has 0 radical (unpaired) electrons. The van der Waals surface area contributed by atoms with Crippen molar-refractivity contribution >= 4 is 21.9 Å². The van der Waals surface area contributed by atoms with Crippen LogP contribution in [0.15, 0.2) is 31.9 Å². The Morgan fingerprint density at radius 3 is 2.93 bits per heavy atom. The van der Waals surface area contributed by atoms with E-state index in [-0.39, 0.29) is 0 Å². The molecule has 0 bridgehead atoms. The van der Waals surface area contributed by atoms with Crippen LogP contribution in [0.25, 0.3) is 0 Å². The third kappa shape index (κ3) is 2.17. The van der Waals surface area contributed by atoms with Gasteiger partial charge in [0.05, 0.1) is 12.2 Å². The molecule has 0 amide bonds. The standard InChI is InChI=1S/C9H9BrN2O2/c1-6-5-13-9(12-6)11-4-7-2-3-8(10)14-7/h2-3,5H,4H2,1H3,(H,11,12). The maximum absolute atomic E-state index is 5.30. The highest BCUT2D eigenvalue weighted by atomic mass is 79.9. The van der Waals surface area contributed by atoms with Crippen molar-refractivity contribution in [1.82, 2.24) is 4.98 Å². The average Bonchev–Trinajstić information content (AvgIpc) is 2.72. The molecule has 74 valence electrons. The molecule has 0 aliphatic rings. The fraction of sp³-hybridized carbons (Fsp3) is 0.222. The maximum atomic E-state index is 5.30. The summed E-state index contributed by atoms with van der Waals surface area (Å²) in [5.74, 6) is 0.827. The first-order valence-electron chi connectivity index (χ1n) is 4.14. The van der Waals surface area contributed by atoms with Crippen molar-refractivity contribution in [2.75, 3.05) is 5.32 Å². The van der Waals surface area contributed by atoms with Gasteiger partial charge < -0.3 is 14.2 Å². The molecule has 0 spiro atoms. The summed E-state index contributed by atoms with van der Waals surface area (Å²) in [6, 6.07) is 4.24. The van der Waals surface area contributed by atoms with Gasteiger partial charge in [-0.15, -0.1) is 0 Å². The van der Waals surface area contributed by atoms with Crippen LogP contribution in [0.1, 0.15) is 11.5 Å². The smallest absolute Gasteiger partial charge is 0.295 e. The Morgan fingerprint density at radius 1 is 1.50 bits per heavy atom. The maximum Gasteiger partial charge on any atom is 0.295 e. The van der Waals surface area contributed by atoms with E-state index in [0.29, 0.717) is 12.6 Å². The summed E-state index contributed by atoms with van der Waals surface area (Å²) in [4.78, 5) is 4.10. The largest absolute Gasteiger partial charge is 0.452 e. The Labute approximate surface area is 89.4 Å². The quantitative estimate of drug-likeness (QED) is 0.918. The first-order chi connectivity index (χ1) is 6.74. The van der Waals surface area contributed by atoms with Crippen molar-refractivity contribution in [3.8, 4) is 0 Å². The Hall–Kier alpha value is -1.23. The van der Waals surface area contributed by atoms with E-state index in [9.17, 15) is 0 Å². The lowest BCUT2D eigenvalue weighted by Gasteiger charge is -1.96. The van der Waals surface area contributed by atoms with Crippen LogP contribution in [0.4, 0.5) is 6.01 Å². The van der Waals surface area contributed by atoms with Crippen LogP contribution in [0.5, 0.6) is 0 Å². The zero-order valence-corrected chi connectivity index (χ0v) is 9.17. The van der Waals surface area contributed by atoms with E-state index < -0.39 is 0 Å². The zero-order chi connectivity index (χ0) is 9.97. The fourth-order valence-electron chi connectivity index (χ4n) is 1.04. The molecular weight excluding hydrogens is 248 g/mol. The molecule has 0 fully saturated rings. The lowest BCUT2D eigenvalue weighted by atomic mass is 10.4. The molecule has 0 aromatic carbocycles. The van der Waals surface area contributed by atoms with Crippen molar-refractivity contribution in [2.45, 2.75) is 13.5 Å². The Balaban J connectivity index is 1.94. The molecule has 0 aliphatic carbocycles. The molecule has 0 saturated carbocycles. The van der Waals surface area contributed by atoms with Gasteiger partial charge in [0.25, 0.3) is 6.01 Å². The second-order valence-corrected chi connectivity index (χ2v) is 3.63. The van der Waals surface area contributed by atoms with Gasteiger partial charge in [-0.1, -0.05) is 0 Å². The fourth-order valence-corrected chi connectivity index (χ4v) is 1.38. The van der Waals surface area contributed by atoms with Crippen molar-refractivity contribution in [2.24, 2.45) is 0 Å². The molecule has 0 unspecified atom stereocenters. The number of aromatic nitrogens is 1. The monoisotopic (exact) mass is 256 g/mol. The summed E-state index contributed by atoms with van der Waals surface area (Å²) in [7, 11) is 0. The predicted molar refractivity (Wildman–Crippen MR) is 55.0 cm³/mol. The average molecular weight is 257 g/mol. The van der Waals surface area contributed by atoms with Crippen LogP contribution in [0, 0.1) is 6.92 Å². The molecule has 4 nitrogen and oxygen atoms in total. The Bertz CT molecular complexity index is 382. The van der Waals surface area contributed by atoms with Crippen LogP contribution < -0.4 is 5.32 Å². The Morgan fingerprint density at radius 2 is 2.36 bits per heavy atom. The topological polar surface area (TPSA) is 51.2 Å². The second kappa shape index (κ2) is 3.88. The minimum Gasteiger partial charge on any atom is -0.452 e. The number of aryl methyl sites for hydroxylation is 1. The summed E-state index contributed by atoms with van der Waals surface area (Å²) in [6.45, 7) is 2.43. The van der Waals surface area contributed by atoms with Crippen LogP contribution in [-0.2, 0) is 6.54 Å². The van der Waals surface area contributed by atoms with E-state index in [1.54, 1.807) is 6.26 Å². The minimum absolute atomic E-state index is 0.509. The lowest BCUT2D eigenvalue weighted by Crippen LogP contribution is -1.97. The number of oxazole rings is 1. The summed E-state index contributed by atoms with van der Waals surface area (Å²) in [5.41, 5.74) is 0.855. The lowest BCUT2D eigenvalue weighted by molar-refractivity contribution is 0.490. The van der Waals surface area contributed by atoms with Gasteiger partial charge in [0, 0.05) is 0 Å². The molecule has 0 atom stereocenters. The van der Waals surface area contributed by atoms with E-state index >= 15 is 0 Å². The van der Waals surface area contributed by atoms with E-state index in [4.69, 9.17) is 8.83 Å². The van der Waals surface area contributed by atoms with E-state index in [0.717, 1.165) is 16.1 Å². The van der Waals surface area contributed by atoms with Crippen LogP contribution >= 0.6 is 15.9 Å². The highest BCUT2D eigenvalue weighted by Gasteiger charge is 2.02. The molecule has 14 heavy (non-hydrogen) atoms. The van der Waals surface area contributed by atoms with Crippen molar-refractivity contribution in [3.05, 3.63) is 34.5 Å². The first kappa shape index (κ1) is 9.33. The molecule has 5 heteroatoms. The Kier molecular flexibility index (Phi) is 2.58. The van der Waals surface area contributed by atoms with Gasteiger partial charge in [-0.25, -0.2) is 0 Å². The normalized spacial score (nSPS) is 10.4. The van der Waals surface area contributed by atoms with Crippen molar-refractivity contribution in [1.29, 1.82) is 0 Å². The number of furan rings is 1.